The maximum absolute atomic E-state index is 12.4. The first-order chi connectivity index (χ1) is 12.9. The fraction of sp³-hybridized carbons (Fsp3) is 0.118. The number of benzene rings is 1. The van der Waals surface area contributed by atoms with Crippen LogP contribution >= 0.6 is 0 Å². The van der Waals surface area contributed by atoms with Gasteiger partial charge in [-0.2, -0.15) is 5.10 Å². The zero-order chi connectivity index (χ0) is 19.3. The predicted molar refractivity (Wildman–Crippen MR) is 90.3 cm³/mol. The number of pyridine rings is 1. The van der Waals surface area contributed by atoms with Gasteiger partial charge in [0.25, 0.3) is 0 Å². The van der Waals surface area contributed by atoms with Crippen molar-refractivity contribution >= 4 is 11.7 Å². The molecule has 0 spiro atoms. The predicted octanol–water partition coefficient (Wildman–Crippen LogP) is 3.49. The lowest BCUT2D eigenvalue weighted by molar-refractivity contribution is -0.274. The number of carbonyl (C=O) groups is 1. The second kappa shape index (κ2) is 7.77. The van der Waals surface area contributed by atoms with Gasteiger partial charge in [0.2, 0.25) is 0 Å². The molecule has 0 atom stereocenters. The maximum atomic E-state index is 12.4. The molecule has 2 heterocycles. The SMILES string of the molecule is O=C(NCc1cccnc1-n1cccn1)Nc1ccccc1OC(F)(F)F. The molecule has 0 fully saturated rings. The van der Waals surface area contributed by atoms with Crippen LogP contribution in [-0.4, -0.2) is 27.2 Å². The molecular formula is C17H14F3N5O2. The van der Waals surface area contributed by atoms with Gasteiger partial charge in [-0.05, 0) is 24.3 Å². The Kier molecular flexibility index (Phi) is 5.25. The molecule has 7 nitrogen and oxygen atoms in total. The largest absolute Gasteiger partial charge is 0.573 e. The summed E-state index contributed by atoms with van der Waals surface area (Å²) in [6, 6.07) is 9.77. The molecule has 27 heavy (non-hydrogen) atoms. The second-order valence-electron chi connectivity index (χ2n) is 5.29. The number of halogens is 3. The topological polar surface area (TPSA) is 81.1 Å². The van der Waals surface area contributed by atoms with Crippen molar-refractivity contribution in [2.75, 3.05) is 5.32 Å². The molecule has 3 aromatic rings. The number of aromatic nitrogens is 3. The second-order valence-corrected chi connectivity index (χ2v) is 5.29. The highest BCUT2D eigenvalue weighted by Crippen LogP contribution is 2.29. The Morgan fingerprint density at radius 2 is 1.93 bits per heavy atom. The van der Waals surface area contributed by atoms with E-state index in [0.717, 1.165) is 6.07 Å². The van der Waals surface area contributed by atoms with Crippen molar-refractivity contribution in [3.63, 3.8) is 0 Å². The number of amides is 2. The number of alkyl halides is 3. The molecule has 0 saturated carbocycles. The first-order valence-electron chi connectivity index (χ1n) is 7.76. The lowest BCUT2D eigenvalue weighted by Gasteiger charge is -2.14. The van der Waals surface area contributed by atoms with E-state index in [1.165, 1.54) is 18.2 Å². The quantitative estimate of drug-likeness (QED) is 0.713. The third-order valence-electron chi connectivity index (χ3n) is 3.39. The number of rotatable bonds is 5. The number of hydrogen-bond donors (Lipinski definition) is 2. The van der Waals surface area contributed by atoms with Crippen molar-refractivity contribution < 1.29 is 22.7 Å². The number of urea groups is 1. The van der Waals surface area contributed by atoms with Crippen molar-refractivity contribution in [1.29, 1.82) is 0 Å². The number of hydrogen-bond acceptors (Lipinski definition) is 4. The van der Waals surface area contributed by atoms with Gasteiger partial charge in [0.15, 0.2) is 11.6 Å². The minimum Gasteiger partial charge on any atom is -0.404 e. The van der Waals surface area contributed by atoms with Crippen molar-refractivity contribution in [2.45, 2.75) is 12.9 Å². The van der Waals surface area contributed by atoms with E-state index in [1.807, 2.05) is 0 Å². The van der Waals surface area contributed by atoms with Crippen LogP contribution in [0.5, 0.6) is 5.75 Å². The molecule has 0 bridgehead atoms. The number of ether oxygens (including phenoxy) is 1. The lowest BCUT2D eigenvalue weighted by Crippen LogP contribution is -2.29. The number of carbonyl (C=O) groups excluding carboxylic acids is 1. The smallest absolute Gasteiger partial charge is 0.404 e. The molecule has 2 N–H and O–H groups in total. The first-order valence-corrected chi connectivity index (χ1v) is 7.76. The summed E-state index contributed by atoms with van der Waals surface area (Å²) in [5.41, 5.74) is 0.571. The summed E-state index contributed by atoms with van der Waals surface area (Å²) in [7, 11) is 0. The van der Waals surface area contributed by atoms with Crippen LogP contribution in [0.2, 0.25) is 0 Å². The van der Waals surface area contributed by atoms with Gasteiger partial charge in [0, 0.05) is 30.7 Å². The summed E-state index contributed by atoms with van der Waals surface area (Å²) in [5.74, 6) is 0.0300. The van der Waals surface area contributed by atoms with Gasteiger partial charge in [-0.15, -0.1) is 13.2 Å². The van der Waals surface area contributed by atoms with Crippen LogP contribution in [0.15, 0.2) is 61.1 Å². The molecule has 0 unspecified atom stereocenters. The van der Waals surface area contributed by atoms with Gasteiger partial charge in [-0.25, -0.2) is 14.5 Å². The van der Waals surface area contributed by atoms with Crippen LogP contribution < -0.4 is 15.4 Å². The summed E-state index contributed by atoms with van der Waals surface area (Å²) in [4.78, 5) is 16.3. The highest BCUT2D eigenvalue weighted by Gasteiger charge is 2.32. The maximum Gasteiger partial charge on any atom is 0.573 e. The van der Waals surface area contributed by atoms with Crippen molar-refractivity contribution in [3.05, 3.63) is 66.6 Å². The Balaban J connectivity index is 1.67. The van der Waals surface area contributed by atoms with E-state index >= 15 is 0 Å². The Hall–Kier alpha value is -3.56. The van der Waals surface area contributed by atoms with Crippen LogP contribution in [-0.2, 0) is 6.54 Å². The Morgan fingerprint density at radius 3 is 2.67 bits per heavy atom. The van der Waals surface area contributed by atoms with E-state index in [1.54, 1.807) is 41.5 Å². The molecule has 0 aliphatic rings. The zero-order valence-electron chi connectivity index (χ0n) is 13.8. The van der Waals surface area contributed by atoms with Gasteiger partial charge in [0.1, 0.15) is 0 Å². The van der Waals surface area contributed by atoms with E-state index in [9.17, 15) is 18.0 Å². The molecular weight excluding hydrogens is 363 g/mol. The molecule has 0 radical (unpaired) electrons. The van der Waals surface area contributed by atoms with Crippen LogP contribution in [0.3, 0.4) is 0 Å². The number of anilines is 1. The van der Waals surface area contributed by atoms with E-state index in [0.29, 0.717) is 11.4 Å². The number of nitrogens with zero attached hydrogens (tertiary/aromatic N) is 3. The summed E-state index contributed by atoms with van der Waals surface area (Å²) < 4.78 is 42.8. The van der Waals surface area contributed by atoms with Crippen LogP contribution in [0.1, 0.15) is 5.56 Å². The molecule has 1 aromatic carbocycles. The molecule has 3 rings (SSSR count). The molecule has 2 aromatic heterocycles. The average Bonchev–Trinajstić information content (AvgIpc) is 3.15. The standard InChI is InChI=1S/C17H14F3N5O2/c18-17(19,20)27-14-7-2-1-6-13(14)24-16(26)22-11-12-5-3-8-21-15(12)25-10-4-9-23-25/h1-10H,11H2,(H2,22,24,26). The monoisotopic (exact) mass is 377 g/mol. The van der Waals surface area contributed by atoms with Crippen LogP contribution in [0, 0.1) is 0 Å². The van der Waals surface area contributed by atoms with Gasteiger partial charge in [-0.1, -0.05) is 18.2 Å². The Morgan fingerprint density at radius 1 is 1.11 bits per heavy atom. The van der Waals surface area contributed by atoms with Gasteiger partial charge in [-0.3, -0.25) is 0 Å². The zero-order valence-corrected chi connectivity index (χ0v) is 13.8. The molecule has 0 aliphatic carbocycles. The minimum absolute atomic E-state index is 0.0944. The average molecular weight is 377 g/mol. The van der Waals surface area contributed by atoms with Crippen molar-refractivity contribution in [1.82, 2.24) is 20.1 Å². The van der Waals surface area contributed by atoms with Gasteiger partial charge >= 0.3 is 12.4 Å². The number of nitrogens with one attached hydrogen (secondary N) is 2. The highest BCUT2D eigenvalue weighted by molar-refractivity contribution is 5.90. The summed E-state index contributed by atoms with van der Waals surface area (Å²) in [6.45, 7) is 0.0944. The normalized spacial score (nSPS) is 11.1. The molecule has 10 heteroatoms. The fourth-order valence-electron chi connectivity index (χ4n) is 2.29. The van der Waals surface area contributed by atoms with E-state index in [4.69, 9.17) is 0 Å². The minimum atomic E-state index is -4.86. The van der Waals surface area contributed by atoms with Crippen molar-refractivity contribution in [2.24, 2.45) is 0 Å². The summed E-state index contributed by atoms with van der Waals surface area (Å²) in [6.07, 6.45) is 0.0285. The third kappa shape index (κ3) is 4.97. The fourth-order valence-corrected chi connectivity index (χ4v) is 2.29. The molecule has 0 saturated heterocycles. The van der Waals surface area contributed by atoms with E-state index in [2.05, 4.69) is 25.5 Å². The van der Waals surface area contributed by atoms with Crippen LogP contribution in [0.4, 0.5) is 23.7 Å². The summed E-state index contributed by atoms with van der Waals surface area (Å²) >= 11 is 0. The van der Waals surface area contributed by atoms with Crippen molar-refractivity contribution in [3.8, 4) is 11.6 Å². The van der Waals surface area contributed by atoms with Gasteiger partial charge < -0.3 is 15.4 Å². The third-order valence-corrected chi connectivity index (χ3v) is 3.39. The molecule has 2 amide bonds. The molecule has 0 aliphatic heterocycles. The Labute approximate surface area is 151 Å². The van der Waals surface area contributed by atoms with Crippen LogP contribution in [0.25, 0.3) is 5.82 Å². The molecule has 140 valence electrons. The van der Waals surface area contributed by atoms with Gasteiger partial charge in [0.05, 0.1) is 5.69 Å². The summed E-state index contributed by atoms with van der Waals surface area (Å²) in [5, 5.41) is 9.00. The Bertz CT molecular complexity index is 913. The highest BCUT2D eigenvalue weighted by atomic mass is 19.4. The first kappa shape index (κ1) is 18.2. The van der Waals surface area contributed by atoms with E-state index in [-0.39, 0.29) is 12.2 Å². The van der Waals surface area contributed by atoms with E-state index < -0.39 is 18.1 Å². The lowest BCUT2D eigenvalue weighted by atomic mass is 10.2. The number of para-hydroxylation sites is 2.